The molecule has 0 bridgehead atoms. The Kier molecular flexibility index (Phi) is 28.0. The standard InChI is InChI=1S/C43H65N3O7.C43H63N3O7/c2*1-9-13-31(38(50)36(48)20-30-16-17-30)22-35(47)34-24-43(23-33(45-53-43)32-18-27(4)39(28(5)19-32)52-26(2)3)25-46(34)41(51)40(42(6,7)8)44-37(49)21-29-14-11-10-12-15-29/h18-19,26,29-31,34,38,40,50H,9-17,20-25H2,1-8H3,(H,44,49);18-19,26,29-31,34,40H,9-17,20-25H2,1-8H3,(H,44,49)/t31-,34+,38?,40-,43-;31-,34+,40-,43-/m11/s1. The Morgan fingerprint density at radius 3 is 1.28 bits per heavy atom. The van der Waals surface area contributed by atoms with E-state index in [1.807, 2.05) is 135 Å². The van der Waals surface area contributed by atoms with Gasteiger partial charge in [-0.25, -0.2) is 0 Å². The summed E-state index contributed by atoms with van der Waals surface area (Å²) in [5, 5.41) is 26.5. The van der Waals surface area contributed by atoms with Crippen molar-refractivity contribution < 1.29 is 67.4 Å². The number of amides is 4. The fourth-order valence-electron chi connectivity index (χ4n) is 17.2. The number of likely N-dealkylation sites (tertiary alicyclic amines) is 2. The molecule has 10 rings (SSSR count). The van der Waals surface area contributed by atoms with Crippen LogP contribution in [0.2, 0.25) is 0 Å². The number of aryl methyl sites for hydroxylation is 4. The lowest BCUT2D eigenvalue weighted by atomic mass is 9.83. The summed E-state index contributed by atoms with van der Waals surface area (Å²) in [7, 11) is 0. The van der Waals surface area contributed by atoms with Gasteiger partial charge in [0, 0.05) is 81.3 Å². The Hall–Kier alpha value is -6.83. The highest BCUT2D eigenvalue weighted by molar-refractivity contribution is 6.38. The Morgan fingerprint density at radius 1 is 0.538 bits per heavy atom. The van der Waals surface area contributed by atoms with Crippen LogP contribution in [0.1, 0.15) is 296 Å². The second kappa shape index (κ2) is 35.7. The van der Waals surface area contributed by atoms with Crippen molar-refractivity contribution in [3.8, 4) is 11.5 Å². The zero-order chi connectivity index (χ0) is 77.3. The summed E-state index contributed by atoms with van der Waals surface area (Å²) < 4.78 is 12.1. The number of ether oxygens (including phenoxy) is 2. The summed E-state index contributed by atoms with van der Waals surface area (Å²) in [5.41, 5.74) is 4.03. The van der Waals surface area contributed by atoms with Crippen LogP contribution in [0.25, 0.3) is 0 Å². The Bertz CT molecular complexity index is 3530. The fraction of sp³-hybridized carbons (Fsp3) is 0.733. The number of rotatable bonds is 32. The molecule has 9 atom stereocenters. The number of carbonyl (C=O) groups excluding carboxylic acids is 9. The SMILES string of the molecule is CCC[C@H](CC(=O)[C@@H]1C[C@]2(CC(c3cc(C)c(OC(C)C)c(C)c3)=NO2)CN1C(=O)[C@@H](NC(=O)CC1CCCCC1)C(C)(C)C)C(=O)C(=O)CC1CC1.CCC[C@H](CC(=O)[C@@H]1C[C@]2(CC(c3cc(C)c(OC(C)C)c(C)c3)=NO2)CN1C(=O)[C@@H](NC(=O)CC1CCCCC1)C(C)(C)C)C(O)C(=O)CC1CC1. The van der Waals surface area contributed by atoms with Crippen LogP contribution in [-0.4, -0.2) is 146 Å². The van der Waals surface area contributed by atoms with Gasteiger partial charge in [0.15, 0.2) is 34.3 Å². The van der Waals surface area contributed by atoms with Gasteiger partial charge in [0.25, 0.3) is 0 Å². The minimum Gasteiger partial charge on any atom is -0.490 e. The molecule has 20 nitrogen and oxygen atoms in total. The van der Waals surface area contributed by atoms with Crippen LogP contribution >= 0.6 is 0 Å². The van der Waals surface area contributed by atoms with Crippen molar-refractivity contribution in [3.63, 3.8) is 0 Å². The Labute approximate surface area is 631 Å². The van der Waals surface area contributed by atoms with Gasteiger partial charge in [-0.15, -0.1) is 0 Å². The maximum atomic E-state index is 14.8. The molecule has 6 fully saturated rings. The molecule has 0 aromatic heterocycles. The summed E-state index contributed by atoms with van der Waals surface area (Å²) in [6, 6.07) is 4.66. The second-order valence-corrected chi connectivity index (χ2v) is 36.1. The third-order valence-electron chi connectivity index (χ3n) is 23.3. The van der Waals surface area contributed by atoms with E-state index in [2.05, 4.69) is 20.9 Å². The van der Waals surface area contributed by atoms with E-state index in [0.717, 1.165) is 133 Å². The molecule has 20 heteroatoms. The largest absolute Gasteiger partial charge is 0.490 e. The molecular weight excluding hydrogens is 1340 g/mol. The van der Waals surface area contributed by atoms with E-state index in [-0.39, 0.29) is 104 Å². The lowest BCUT2D eigenvalue weighted by Gasteiger charge is -2.36. The summed E-state index contributed by atoms with van der Waals surface area (Å²) in [4.78, 5) is 140. The molecule has 0 radical (unpaired) electrons. The number of hydrogen-bond acceptors (Lipinski definition) is 16. The van der Waals surface area contributed by atoms with E-state index in [1.54, 1.807) is 9.80 Å². The van der Waals surface area contributed by atoms with Gasteiger partial charge in [0.05, 0.1) is 48.8 Å². The average Bonchev–Trinajstić information content (AvgIpc) is 1.60. The minimum atomic E-state index is -1.22. The molecule has 2 saturated heterocycles. The lowest BCUT2D eigenvalue weighted by Crippen LogP contribution is -2.57. The summed E-state index contributed by atoms with van der Waals surface area (Å²) >= 11 is 0. The molecule has 2 spiro atoms. The molecule has 2 aromatic rings. The van der Waals surface area contributed by atoms with Crippen LogP contribution in [0.15, 0.2) is 34.6 Å². The average molecular weight is 1470 g/mol. The van der Waals surface area contributed by atoms with E-state index in [1.165, 1.54) is 12.8 Å². The first kappa shape index (κ1) is 83.2. The molecule has 586 valence electrons. The maximum absolute atomic E-state index is 14.8. The van der Waals surface area contributed by atoms with Gasteiger partial charge in [-0.05, 0) is 207 Å². The summed E-state index contributed by atoms with van der Waals surface area (Å²) in [5.74, 6) is -0.823. The third kappa shape index (κ3) is 21.8. The van der Waals surface area contributed by atoms with Crippen LogP contribution in [0.5, 0.6) is 11.5 Å². The fourth-order valence-corrected chi connectivity index (χ4v) is 17.2. The normalized spacial score (nSPS) is 23.4. The summed E-state index contributed by atoms with van der Waals surface area (Å²) in [6.45, 7) is 31.8. The molecule has 4 amide bonds. The van der Waals surface area contributed by atoms with Crippen LogP contribution in [-0.2, 0) is 52.8 Å². The number of hydrogen-bond donors (Lipinski definition) is 3. The first-order valence-electron chi connectivity index (χ1n) is 40.6. The van der Waals surface area contributed by atoms with E-state index < -0.39 is 75.7 Å². The molecule has 4 aliphatic carbocycles. The van der Waals surface area contributed by atoms with E-state index >= 15 is 0 Å². The van der Waals surface area contributed by atoms with Gasteiger partial charge in [0.2, 0.25) is 29.4 Å². The molecule has 8 aliphatic rings. The van der Waals surface area contributed by atoms with Gasteiger partial charge in [-0.2, -0.15) is 0 Å². The first-order chi connectivity index (χ1) is 50.0. The lowest BCUT2D eigenvalue weighted by molar-refractivity contribution is -0.145. The molecular formula is C86H128N6O14. The smallest absolute Gasteiger partial charge is 0.246 e. The van der Waals surface area contributed by atoms with E-state index in [4.69, 9.17) is 19.1 Å². The molecule has 4 aliphatic heterocycles. The topological polar surface area (TPSA) is 266 Å². The molecule has 106 heavy (non-hydrogen) atoms. The zero-order valence-corrected chi connectivity index (χ0v) is 67.1. The molecule has 1 unspecified atom stereocenters. The number of nitrogens with zero attached hydrogens (tertiary/aromatic N) is 4. The highest BCUT2D eigenvalue weighted by Crippen LogP contribution is 2.45. The number of oxime groups is 2. The van der Waals surface area contributed by atoms with E-state index in [0.29, 0.717) is 75.5 Å². The highest BCUT2D eigenvalue weighted by Gasteiger charge is 2.58. The molecule has 2 aromatic carbocycles. The Morgan fingerprint density at radius 2 is 0.915 bits per heavy atom. The molecule has 4 saturated carbocycles. The van der Waals surface area contributed by atoms with Crippen LogP contribution in [0.3, 0.4) is 0 Å². The number of Topliss-reactive ketones (excluding diaryl/α,β-unsaturated/α-hetero) is 5. The van der Waals surface area contributed by atoms with E-state index in [9.17, 15) is 48.3 Å². The number of benzene rings is 2. The predicted octanol–water partition coefficient (Wildman–Crippen LogP) is 14.5. The minimum absolute atomic E-state index is 0.0203. The van der Waals surface area contributed by atoms with Crippen molar-refractivity contribution in [3.05, 3.63) is 57.6 Å². The van der Waals surface area contributed by atoms with Crippen molar-refractivity contribution in [1.82, 2.24) is 20.4 Å². The van der Waals surface area contributed by atoms with Crippen LogP contribution in [0, 0.1) is 74.0 Å². The maximum Gasteiger partial charge on any atom is 0.246 e. The second-order valence-electron chi connectivity index (χ2n) is 36.1. The van der Waals surface area contributed by atoms with Crippen LogP contribution < -0.4 is 20.1 Å². The van der Waals surface area contributed by atoms with Gasteiger partial charge in [0.1, 0.15) is 29.7 Å². The van der Waals surface area contributed by atoms with Gasteiger partial charge >= 0.3 is 0 Å². The van der Waals surface area contributed by atoms with Gasteiger partial charge in [-0.3, -0.25) is 43.2 Å². The Balaban J connectivity index is 0.000000245. The highest BCUT2D eigenvalue weighted by atomic mass is 16.7. The van der Waals surface area contributed by atoms with Crippen LogP contribution in [0.4, 0.5) is 0 Å². The van der Waals surface area contributed by atoms with Gasteiger partial charge in [-0.1, -0.05) is 117 Å². The van der Waals surface area contributed by atoms with Crippen molar-refractivity contribution >= 4 is 64.0 Å². The van der Waals surface area contributed by atoms with Crippen molar-refractivity contribution in [1.29, 1.82) is 0 Å². The van der Waals surface area contributed by atoms with Crippen molar-refractivity contribution in [2.24, 2.45) is 56.6 Å². The first-order valence-corrected chi connectivity index (χ1v) is 40.6. The van der Waals surface area contributed by atoms with Crippen molar-refractivity contribution in [2.75, 3.05) is 13.1 Å². The quantitative estimate of drug-likeness (QED) is 0.0575. The number of ketones is 5. The number of aliphatic hydroxyl groups is 1. The number of carbonyl (C=O) groups is 9. The van der Waals surface area contributed by atoms with Gasteiger partial charge < -0.3 is 44.7 Å². The predicted molar refractivity (Wildman–Crippen MR) is 410 cm³/mol. The number of nitrogens with one attached hydrogen (secondary N) is 2. The molecule has 3 N–H and O–H groups in total. The monoisotopic (exact) mass is 1470 g/mol. The third-order valence-corrected chi connectivity index (χ3v) is 23.3. The van der Waals surface area contributed by atoms with Crippen molar-refractivity contribution in [2.45, 2.75) is 344 Å². The zero-order valence-electron chi connectivity index (χ0n) is 67.1. The number of aliphatic hydroxyl groups excluding tert-OH is 1. The summed E-state index contributed by atoms with van der Waals surface area (Å²) in [6.07, 6.45) is 18.5. The molecule has 4 heterocycles.